The Bertz CT molecular complexity index is 1420. The molecule has 2 amide bonds. The molecule has 2 aromatic carbocycles. The van der Waals surface area contributed by atoms with E-state index in [-0.39, 0.29) is 23.8 Å². The van der Waals surface area contributed by atoms with Crippen molar-refractivity contribution in [2.24, 2.45) is 16.6 Å². The van der Waals surface area contributed by atoms with Crippen molar-refractivity contribution >= 4 is 34.8 Å². The van der Waals surface area contributed by atoms with E-state index < -0.39 is 0 Å². The van der Waals surface area contributed by atoms with E-state index in [0.717, 1.165) is 33.8 Å². The van der Waals surface area contributed by atoms with E-state index in [4.69, 9.17) is 15.6 Å². The second-order valence-electron chi connectivity index (χ2n) is 9.83. The smallest absolute Gasteiger partial charge is 0.286 e. The van der Waals surface area contributed by atoms with Gasteiger partial charge in [-0.25, -0.2) is 4.68 Å². The van der Waals surface area contributed by atoms with E-state index in [1.165, 1.54) is 11.8 Å². The second-order valence-corrected chi connectivity index (χ2v) is 10.8. The normalized spacial score (nSPS) is 17.4. The zero-order valence-corrected chi connectivity index (χ0v) is 22.6. The Balaban J connectivity index is 1.45. The molecule has 1 aromatic heterocycles. The molecule has 3 heterocycles. The molecule has 196 valence electrons. The fraction of sp³-hybridized carbons (Fsp3) is 0.310. The number of ether oxygens (including phenoxy) is 1. The summed E-state index contributed by atoms with van der Waals surface area (Å²) in [5.41, 5.74) is 9.94. The molecule has 0 bridgehead atoms. The highest BCUT2D eigenvalue weighted by molar-refractivity contribution is 8.18. The maximum Gasteiger partial charge on any atom is 0.286 e. The van der Waals surface area contributed by atoms with Gasteiger partial charge in [0, 0.05) is 36.3 Å². The van der Waals surface area contributed by atoms with Crippen molar-refractivity contribution in [2.75, 3.05) is 13.1 Å². The Kier molecular flexibility index (Phi) is 7.37. The molecule has 3 aromatic rings. The molecule has 0 atom stereocenters. The number of likely N-dealkylation sites (tertiary alicyclic amines) is 1. The van der Waals surface area contributed by atoms with Crippen LogP contribution in [-0.2, 0) is 9.59 Å². The number of para-hydroxylation sites is 1. The summed E-state index contributed by atoms with van der Waals surface area (Å²) < 4.78 is 7.75. The summed E-state index contributed by atoms with van der Waals surface area (Å²) in [4.78, 5) is 31.4. The van der Waals surface area contributed by atoms with Gasteiger partial charge in [0.25, 0.3) is 5.91 Å². The van der Waals surface area contributed by atoms with Crippen molar-refractivity contribution in [3.63, 3.8) is 0 Å². The number of aliphatic imine (C=N–C) groups is 1. The van der Waals surface area contributed by atoms with Gasteiger partial charge in [-0.3, -0.25) is 9.59 Å². The number of nitrogens with zero attached hydrogens (tertiary/aromatic N) is 4. The highest BCUT2D eigenvalue weighted by Gasteiger charge is 2.31. The third-order valence-corrected chi connectivity index (χ3v) is 7.68. The SMILES string of the molecule is Cc1cc(-c2nn(-c3ccccc3)cc2/C=C2/SC(N3CCC(C(N)=O)CC3)=NC2=O)ccc1OC(C)C. The van der Waals surface area contributed by atoms with Gasteiger partial charge >= 0.3 is 0 Å². The van der Waals surface area contributed by atoms with Gasteiger partial charge in [0.1, 0.15) is 11.4 Å². The molecule has 2 aliphatic rings. The van der Waals surface area contributed by atoms with Crippen LogP contribution >= 0.6 is 11.8 Å². The van der Waals surface area contributed by atoms with Gasteiger partial charge in [-0.15, -0.1) is 0 Å². The number of hydrogen-bond donors (Lipinski definition) is 1. The minimum absolute atomic E-state index is 0.0818. The Morgan fingerprint density at radius 1 is 1.16 bits per heavy atom. The van der Waals surface area contributed by atoms with Crippen LogP contribution < -0.4 is 10.5 Å². The molecule has 2 N–H and O–H groups in total. The van der Waals surface area contributed by atoms with Gasteiger partial charge in [-0.05, 0) is 87.3 Å². The molecule has 1 saturated heterocycles. The van der Waals surface area contributed by atoms with Crippen molar-refractivity contribution < 1.29 is 14.3 Å². The van der Waals surface area contributed by atoms with Crippen LogP contribution in [0.5, 0.6) is 5.75 Å². The number of benzene rings is 2. The number of rotatable bonds is 6. The minimum atomic E-state index is -0.266. The quantitative estimate of drug-likeness (QED) is 0.460. The summed E-state index contributed by atoms with van der Waals surface area (Å²) in [5, 5.41) is 5.58. The third-order valence-electron chi connectivity index (χ3n) is 6.64. The maximum atomic E-state index is 12.9. The number of aryl methyl sites for hydroxylation is 1. The topological polar surface area (TPSA) is 103 Å². The van der Waals surface area contributed by atoms with Crippen LogP contribution in [0.25, 0.3) is 23.0 Å². The summed E-state index contributed by atoms with van der Waals surface area (Å²) in [6.07, 6.45) is 5.24. The van der Waals surface area contributed by atoms with E-state index >= 15 is 0 Å². The van der Waals surface area contributed by atoms with Crippen molar-refractivity contribution in [2.45, 2.75) is 39.7 Å². The van der Waals surface area contributed by atoms with Gasteiger partial charge in [-0.2, -0.15) is 10.1 Å². The molecule has 1 fully saturated rings. The lowest BCUT2D eigenvalue weighted by Gasteiger charge is -2.31. The highest BCUT2D eigenvalue weighted by atomic mass is 32.2. The number of hydrogen-bond acceptors (Lipinski definition) is 6. The van der Waals surface area contributed by atoms with Crippen LogP contribution in [0.2, 0.25) is 0 Å². The zero-order valence-electron chi connectivity index (χ0n) is 21.8. The number of nitrogens with two attached hydrogens (primary N) is 1. The number of thioether (sulfide) groups is 1. The molecular weight excluding hydrogens is 498 g/mol. The third kappa shape index (κ3) is 5.52. The van der Waals surface area contributed by atoms with Crippen molar-refractivity contribution in [3.05, 3.63) is 70.8 Å². The molecule has 0 aliphatic carbocycles. The lowest BCUT2D eigenvalue weighted by molar-refractivity contribution is -0.123. The molecule has 0 saturated carbocycles. The lowest BCUT2D eigenvalue weighted by Crippen LogP contribution is -2.40. The van der Waals surface area contributed by atoms with Crippen LogP contribution in [0.3, 0.4) is 0 Å². The molecule has 2 aliphatic heterocycles. The number of primary amides is 1. The summed E-state index contributed by atoms with van der Waals surface area (Å²) in [6.45, 7) is 7.34. The Hall–Kier alpha value is -3.85. The number of carbonyl (C=O) groups excluding carboxylic acids is 2. The minimum Gasteiger partial charge on any atom is -0.491 e. The van der Waals surface area contributed by atoms with Gasteiger partial charge in [-0.1, -0.05) is 18.2 Å². The van der Waals surface area contributed by atoms with Crippen molar-refractivity contribution in [1.29, 1.82) is 0 Å². The van der Waals surface area contributed by atoms with Crippen LogP contribution in [0.15, 0.2) is 64.6 Å². The molecule has 38 heavy (non-hydrogen) atoms. The summed E-state index contributed by atoms with van der Waals surface area (Å²) in [7, 11) is 0. The van der Waals surface area contributed by atoms with Crippen molar-refractivity contribution in [1.82, 2.24) is 14.7 Å². The monoisotopic (exact) mass is 529 g/mol. The van der Waals surface area contributed by atoms with Crippen LogP contribution in [0.1, 0.15) is 37.8 Å². The first-order chi connectivity index (χ1) is 18.3. The standard InChI is InChI=1S/C29H31N5O3S/c1-18(2)37-24-10-9-21(15-19(24)3)26-22(17-34(32-26)23-7-5-4-6-8-23)16-25-28(36)31-29(38-25)33-13-11-20(12-14-33)27(30)35/h4-10,15-18,20H,11-14H2,1-3H3,(H2,30,35)/b25-16+. The summed E-state index contributed by atoms with van der Waals surface area (Å²) in [6, 6.07) is 15.9. The molecule has 0 unspecified atom stereocenters. The molecule has 5 rings (SSSR count). The van der Waals surface area contributed by atoms with Crippen molar-refractivity contribution in [3.8, 4) is 22.7 Å². The molecule has 0 spiro atoms. The first kappa shape index (κ1) is 25.8. The number of piperidine rings is 1. The average molecular weight is 530 g/mol. The first-order valence-electron chi connectivity index (χ1n) is 12.8. The zero-order chi connectivity index (χ0) is 26.8. The number of amides is 2. The largest absolute Gasteiger partial charge is 0.491 e. The second kappa shape index (κ2) is 10.9. The molecule has 0 radical (unpaired) electrons. The summed E-state index contributed by atoms with van der Waals surface area (Å²) >= 11 is 1.37. The fourth-order valence-corrected chi connectivity index (χ4v) is 5.60. The van der Waals surface area contributed by atoms with Gasteiger partial charge in [0.05, 0.1) is 16.7 Å². The van der Waals surface area contributed by atoms with Gasteiger partial charge < -0.3 is 15.4 Å². The Morgan fingerprint density at radius 2 is 1.89 bits per heavy atom. The van der Waals surface area contributed by atoms with E-state index in [1.807, 2.05) is 80.2 Å². The first-order valence-corrected chi connectivity index (χ1v) is 13.6. The van der Waals surface area contributed by atoms with E-state index in [0.29, 0.717) is 36.0 Å². The van der Waals surface area contributed by atoms with E-state index in [2.05, 4.69) is 16.0 Å². The maximum absolute atomic E-state index is 12.9. The Morgan fingerprint density at radius 3 is 2.55 bits per heavy atom. The average Bonchev–Trinajstić information content (AvgIpc) is 3.49. The highest BCUT2D eigenvalue weighted by Crippen LogP contribution is 2.35. The number of amidine groups is 1. The predicted octanol–water partition coefficient (Wildman–Crippen LogP) is 4.80. The van der Waals surface area contributed by atoms with Crippen LogP contribution in [-0.4, -0.2) is 50.9 Å². The fourth-order valence-electron chi connectivity index (χ4n) is 4.64. The molecule has 8 nitrogen and oxygen atoms in total. The number of carbonyl (C=O) groups is 2. The Labute approximate surface area is 226 Å². The van der Waals surface area contributed by atoms with Crippen LogP contribution in [0.4, 0.5) is 0 Å². The lowest BCUT2D eigenvalue weighted by atomic mass is 9.97. The summed E-state index contributed by atoms with van der Waals surface area (Å²) in [5.74, 6) is 0.198. The van der Waals surface area contributed by atoms with Crippen LogP contribution in [0, 0.1) is 12.8 Å². The molecular formula is C29H31N5O3S. The van der Waals surface area contributed by atoms with E-state index in [1.54, 1.807) is 0 Å². The predicted molar refractivity (Wildman–Crippen MR) is 151 cm³/mol. The van der Waals surface area contributed by atoms with Gasteiger partial charge in [0.2, 0.25) is 5.91 Å². The van der Waals surface area contributed by atoms with E-state index in [9.17, 15) is 9.59 Å². The number of aromatic nitrogens is 2. The van der Waals surface area contributed by atoms with Gasteiger partial charge in [0.15, 0.2) is 5.17 Å². The molecule has 9 heteroatoms.